The highest BCUT2D eigenvalue weighted by molar-refractivity contribution is 7.78. The average Bonchev–Trinajstić information content (AvgIpc) is 2.91. The molecule has 0 spiro atoms. The summed E-state index contributed by atoms with van der Waals surface area (Å²) >= 11 is 4.69. The molecule has 10 atom stereocenters. The summed E-state index contributed by atoms with van der Waals surface area (Å²) in [7, 11) is 0. The monoisotopic (exact) mass is 677 g/mol. The molecular weight excluding hydrogens is 642 g/mol. The second-order valence-electron chi connectivity index (χ2n) is 9.90. The van der Waals surface area contributed by atoms with E-state index in [1.165, 1.54) is 0 Å². The van der Waals surface area contributed by atoms with Gasteiger partial charge in [0.15, 0.2) is 43.0 Å². The van der Waals surface area contributed by atoms with Crippen LogP contribution < -0.4 is 0 Å². The van der Waals surface area contributed by atoms with E-state index in [-0.39, 0.29) is 0 Å². The number of nitrogens with zero attached hydrogens (tertiary/aromatic N) is 1. The number of hydrogen-bond donors (Lipinski definition) is 0. The van der Waals surface area contributed by atoms with Crippen LogP contribution in [-0.2, 0) is 80.9 Å². The Morgan fingerprint density at radius 3 is 1.37 bits per heavy atom. The second kappa shape index (κ2) is 17.6. The van der Waals surface area contributed by atoms with Gasteiger partial charge in [-0.3, -0.25) is 33.6 Å². The van der Waals surface area contributed by atoms with Gasteiger partial charge in [0, 0.05) is 48.5 Å². The van der Waals surface area contributed by atoms with Crippen LogP contribution in [0, 0.1) is 0 Å². The lowest BCUT2D eigenvalue weighted by Crippen LogP contribution is -2.67. The van der Waals surface area contributed by atoms with Crippen molar-refractivity contribution in [3.63, 3.8) is 0 Å². The lowest BCUT2D eigenvalue weighted by atomic mass is 9.95. The summed E-state index contributed by atoms with van der Waals surface area (Å²) in [5.74, 6) is -5.88. The zero-order chi connectivity index (χ0) is 34.7. The van der Waals surface area contributed by atoms with Crippen LogP contribution in [0.3, 0.4) is 0 Å². The minimum absolute atomic E-state index is 0.542. The molecule has 0 N–H and O–H groups in total. The van der Waals surface area contributed by atoms with Crippen LogP contribution in [0.2, 0.25) is 0 Å². The maximum absolute atomic E-state index is 12.3. The van der Waals surface area contributed by atoms with Crippen molar-refractivity contribution in [1.82, 2.24) is 0 Å². The first-order chi connectivity index (χ1) is 21.5. The minimum Gasteiger partial charge on any atom is -0.463 e. The Hall–Kier alpha value is -4.03. The fourth-order valence-corrected chi connectivity index (χ4v) is 4.75. The van der Waals surface area contributed by atoms with E-state index < -0.39 is 116 Å². The molecule has 2 fully saturated rings. The number of carbonyl (C=O) groups is 7. The third kappa shape index (κ3) is 11.4. The van der Waals surface area contributed by atoms with Crippen LogP contribution in [0.15, 0.2) is 4.99 Å². The summed E-state index contributed by atoms with van der Waals surface area (Å²) in [6.45, 7) is 6.30. The zero-order valence-electron chi connectivity index (χ0n) is 26.0. The maximum atomic E-state index is 12.3. The molecule has 18 nitrogen and oxygen atoms in total. The normalized spacial score (nSPS) is 30.3. The van der Waals surface area contributed by atoms with E-state index >= 15 is 0 Å². The first kappa shape index (κ1) is 38.2. The van der Waals surface area contributed by atoms with Gasteiger partial charge in [0.05, 0.1) is 5.16 Å². The van der Waals surface area contributed by atoms with E-state index in [1.54, 1.807) is 0 Å². The third-order valence-electron chi connectivity index (χ3n) is 6.08. The van der Waals surface area contributed by atoms with E-state index in [9.17, 15) is 33.6 Å². The molecule has 2 aliphatic heterocycles. The first-order valence-corrected chi connectivity index (χ1v) is 14.1. The van der Waals surface area contributed by atoms with Gasteiger partial charge in [-0.1, -0.05) is 0 Å². The van der Waals surface area contributed by atoms with Gasteiger partial charge >= 0.3 is 41.8 Å². The van der Waals surface area contributed by atoms with E-state index in [0.29, 0.717) is 0 Å². The number of esters is 7. The number of ether oxygens (including phenoxy) is 10. The highest BCUT2D eigenvalue weighted by atomic mass is 32.1. The van der Waals surface area contributed by atoms with Gasteiger partial charge in [-0.2, -0.15) is 4.99 Å². The molecule has 2 saturated heterocycles. The maximum Gasteiger partial charge on any atom is 0.303 e. The Morgan fingerprint density at radius 1 is 0.543 bits per heavy atom. The molecule has 0 saturated carbocycles. The lowest BCUT2D eigenvalue weighted by Gasteiger charge is -2.48. The van der Waals surface area contributed by atoms with Crippen molar-refractivity contribution in [3.8, 4) is 0 Å². The number of thiocarbonyl (C=S) groups is 1. The Labute approximate surface area is 268 Å². The van der Waals surface area contributed by atoms with E-state index in [0.717, 1.165) is 48.5 Å². The topological polar surface area (TPSA) is 224 Å². The molecule has 0 aromatic carbocycles. The summed E-state index contributed by atoms with van der Waals surface area (Å²) in [6, 6.07) is 0. The summed E-state index contributed by atoms with van der Waals surface area (Å²) in [5.41, 5.74) is 0. The predicted octanol–water partition coefficient (Wildman–Crippen LogP) is -0.291. The molecule has 2 aliphatic rings. The van der Waals surface area contributed by atoms with Gasteiger partial charge < -0.3 is 47.4 Å². The fraction of sp³-hybridized carbons (Fsp3) is 0.704. The molecule has 0 bridgehead atoms. The number of rotatable bonds is 12. The van der Waals surface area contributed by atoms with Crippen LogP contribution >= 0.6 is 12.2 Å². The molecule has 0 radical (unpaired) electrons. The standard InChI is InChI=1S/C27H35NO17S/c1-11(29)36-8-18-21(22(39-14(4)32)24(41-16(6)34)26(43-18)28-10-46)45-27-25(42-17(7)35)23(40-15(5)33)20(38-13(3)31)19(44-27)9-37-12(2)30/h18-27H,8-9H2,1-7H3/t18-,19-,20-,21-,22+,23+,24-,25-,26+,27-/m1/s1. The van der Waals surface area contributed by atoms with Crippen molar-refractivity contribution in [2.24, 2.45) is 4.99 Å². The van der Waals surface area contributed by atoms with Crippen LogP contribution in [-0.4, -0.2) is 122 Å². The molecule has 0 unspecified atom stereocenters. The molecule has 19 heteroatoms. The summed E-state index contributed by atoms with van der Waals surface area (Å²) < 4.78 is 55.3. The number of aliphatic imine (C=N–C) groups is 1. The number of carbonyl (C=O) groups excluding carboxylic acids is 7. The largest absolute Gasteiger partial charge is 0.463 e. The zero-order valence-corrected chi connectivity index (χ0v) is 26.8. The average molecular weight is 678 g/mol. The van der Waals surface area contributed by atoms with Crippen molar-refractivity contribution >= 4 is 59.2 Å². The van der Waals surface area contributed by atoms with Gasteiger partial charge in [-0.25, -0.2) is 0 Å². The highest BCUT2D eigenvalue weighted by Crippen LogP contribution is 2.35. The molecule has 0 aromatic heterocycles. The van der Waals surface area contributed by atoms with Gasteiger partial charge in [0.2, 0.25) is 0 Å². The predicted molar refractivity (Wildman–Crippen MR) is 148 cm³/mol. The van der Waals surface area contributed by atoms with E-state index in [4.69, 9.17) is 47.4 Å². The summed E-state index contributed by atoms with van der Waals surface area (Å²) in [5, 5.41) is 2.09. The van der Waals surface area contributed by atoms with Gasteiger partial charge in [-0.05, 0) is 12.2 Å². The van der Waals surface area contributed by atoms with E-state index in [2.05, 4.69) is 22.4 Å². The van der Waals surface area contributed by atoms with Crippen molar-refractivity contribution < 1.29 is 80.9 Å². The van der Waals surface area contributed by atoms with Crippen LogP contribution in [0.1, 0.15) is 48.5 Å². The van der Waals surface area contributed by atoms with E-state index in [1.807, 2.05) is 0 Å². The van der Waals surface area contributed by atoms with Crippen LogP contribution in [0.25, 0.3) is 0 Å². The molecule has 46 heavy (non-hydrogen) atoms. The number of hydrogen-bond acceptors (Lipinski definition) is 19. The Bertz CT molecular complexity index is 1220. The molecule has 0 amide bonds. The smallest absolute Gasteiger partial charge is 0.303 e. The van der Waals surface area contributed by atoms with Gasteiger partial charge in [-0.15, -0.1) is 0 Å². The summed E-state index contributed by atoms with van der Waals surface area (Å²) in [6.07, 6.45) is -15.4. The minimum atomic E-state index is -1.78. The van der Waals surface area contributed by atoms with Crippen LogP contribution in [0.4, 0.5) is 0 Å². The van der Waals surface area contributed by atoms with Gasteiger partial charge in [0.1, 0.15) is 31.5 Å². The summed E-state index contributed by atoms with van der Waals surface area (Å²) in [4.78, 5) is 88.1. The number of isothiocyanates is 1. The Balaban J connectivity index is 2.73. The van der Waals surface area contributed by atoms with Gasteiger partial charge in [0.25, 0.3) is 0 Å². The van der Waals surface area contributed by atoms with Crippen molar-refractivity contribution in [1.29, 1.82) is 0 Å². The third-order valence-corrected chi connectivity index (χ3v) is 6.19. The highest BCUT2D eigenvalue weighted by Gasteiger charge is 2.57. The fourth-order valence-electron chi connectivity index (χ4n) is 4.65. The lowest BCUT2D eigenvalue weighted by molar-refractivity contribution is -0.344. The van der Waals surface area contributed by atoms with Crippen molar-refractivity contribution in [2.45, 2.75) is 110 Å². The first-order valence-electron chi connectivity index (χ1n) is 13.7. The molecular formula is C27H35NO17S. The van der Waals surface area contributed by atoms with Crippen molar-refractivity contribution in [3.05, 3.63) is 0 Å². The SMILES string of the molecule is CC(=O)OC[C@H]1O[C@H](N=C=S)[C@H](OC(C)=O)[C@@H](OC(C)=O)[C@@H]1O[C@H]1O[C@H](COC(C)=O)[C@@H](OC(C)=O)[C@H](OC(C)=O)[C@H]1OC(C)=O. The second-order valence-corrected chi connectivity index (χ2v) is 10.1. The van der Waals surface area contributed by atoms with Crippen LogP contribution in [0.5, 0.6) is 0 Å². The Kier molecular flexibility index (Phi) is 14.6. The molecule has 0 aromatic rings. The molecule has 2 heterocycles. The molecule has 0 aliphatic carbocycles. The Morgan fingerprint density at radius 2 is 0.935 bits per heavy atom. The van der Waals surface area contributed by atoms with Crippen molar-refractivity contribution in [2.75, 3.05) is 13.2 Å². The quantitative estimate of drug-likeness (QED) is 0.112. The molecule has 256 valence electrons. The molecule has 2 rings (SSSR count).